The highest BCUT2D eigenvalue weighted by Gasteiger charge is 2.17. The Bertz CT molecular complexity index is 873. The smallest absolute Gasteiger partial charge is 0.332 e. The van der Waals surface area contributed by atoms with Gasteiger partial charge in [-0.1, -0.05) is 30.3 Å². The van der Waals surface area contributed by atoms with Gasteiger partial charge in [-0.2, -0.15) is 0 Å². The number of hydrogen-bond acceptors (Lipinski definition) is 4. The lowest BCUT2D eigenvalue weighted by Crippen LogP contribution is -2.37. The number of nitrogens with zero attached hydrogens (tertiary/aromatic N) is 3. The average molecular weight is 282 g/mol. The summed E-state index contributed by atoms with van der Waals surface area (Å²) in [6.07, 6.45) is 3.36. The van der Waals surface area contributed by atoms with Crippen molar-refractivity contribution in [2.75, 3.05) is 5.32 Å². The predicted octanol–water partition coefficient (Wildman–Crippen LogP) is 1.25. The number of nitrogens with one attached hydrogen (secondary N) is 1. The van der Waals surface area contributed by atoms with Gasteiger partial charge in [0.2, 0.25) is 0 Å². The molecule has 3 rings (SSSR count). The van der Waals surface area contributed by atoms with Gasteiger partial charge in [-0.25, -0.2) is 9.79 Å². The molecule has 6 heteroatoms. The van der Waals surface area contributed by atoms with E-state index in [1.807, 2.05) is 30.3 Å². The third-order valence-electron chi connectivity index (χ3n) is 3.42. The highest BCUT2D eigenvalue weighted by atomic mass is 16.2. The Balaban J connectivity index is 2.20. The number of rotatable bonds is 1. The van der Waals surface area contributed by atoms with Gasteiger partial charge in [0.15, 0.2) is 5.82 Å². The average Bonchev–Trinajstić information content (AvgIpc) is 2.75. The molecule has 2 aromatic rings. The van der Waals surface area contributed by atoms with Crippen molar-refractivity contribution in [1.82, 2.24) is 9.13 Å². The van der Waals surface area contributed by atoms with Crippen LogP contribution in [0.1, 0.15) is 5.56 Å². The predicted molar refractivity (Wildman–Crippen MR) is 83.1 cm³/mol. The maximum atomic E-state index is 12.3. The number of benzene rings is 1. The number of fused-ring (bicyclic) bond motifs is 1. The molecule has 0 radical (unpaired) electrons. The van der Waals surface area contributed by atoms with E-state index in [1.54, 1.807) is 19.3 Å². The van der Waals surface area contributed by atoms with Crippen molar-refractivity contribution >= 4 is 23.4 Å². The summed E-state index contributed by atoms with van der Waals surface area (Å²) in [4.78, 5) is 28.4. The zero-order valence-corrected chi connectivity index (χ0v) is 11.7. The maximum absolute atomic E-state index is 12.3. The molecule has 0 saturated heterocycles. The van der Waals surface area contributed by atoms with Crippen molar-refractivity contribution < 1.29 is 0 Å². The fourth-order valence-electron chi connectivity index (χ4n) is 2.24. The van der Waals surface area contributed by atoms with Crippen LogP contribution in [0.15, 0.2) is 51.0 Å². The molecule has 1 aromatic heterocycles. The van der Waals surface area contributed by atoms with Crippen molar-refractivity contribution in [3.05, 3.63) is 62.8 Å². The first-order valence-electron chi connectivity index (χ1n) is 6.46. The summed E-state index contributed by atoms with van der Waals surface area (Å²) >= 11 is 0. The second kappa shape index (κ2) is 4.90. The summed E-state index contributed by atoms with van der Waals surface area (Å²) in [5.74, 6) is 0.324. The first kappa shape index (κ1) is 13.1. The van der Waals surface area contributed by atoms with E-state index in [9.17, 15) is 9.59 Å². The largest absolute Gasteiger partial charge is 0.347 e. The molecular formula is C15H14N4O2. The molecule has 0 bridgehead atoms. The lowest BCUT2D eigenvalue weighted by Gasteiger charge is -2.13. The van der Waals surface area contributed by atoms with Crippen LogP contribution in [0.5, 0.6) is 0 Å². The van der Waals surface area contributed by atoms with Crippen molar-refractivity contribution in [2.24, 2.45) is 19.1 Å². The van der Waals surface area contributed by atoms with Crippen LogP contribution in [0.25, 0.3) is 5.70 Å². The molecule has 1 aliphatic rings. The minimum Gasteiger partial charge on any atom is -0.347 e. The zero-order chi connectivity index (χ0) is 15.0. The minimum atomic E-state index is -0.402. The zero-order valence-electron chi connectivity index (χ0n) is 11.7. The first-order valence-corrected chi connectivity index (χ1v) is 6.46. The molecule has 21 heavy (non-hydrogen) atoms. The second-order valence-corrected chi connectivity index (χ2v) is 4.75. The molecule has 0 amide bonds. The van der Waals surface area contributed by atoms with Crippen molar-refractivity contribution in [1.29, 1.82) is 0 Å². The Morgan fingerprint density at radius 3 is 2.48 bits per heavy atom. The lowest BCUT2D eigenvalue weighted by atomic mass is 10.1. The number of aliphatic imine (C=N–C) groups is 1. The summed E-state index contributed by atoms with van der Waals surface area (Å²) in [6.45, 7) is 0. The summed E-state index contributed by atoms with van der Waals surface area (Å²) in [5, 5.41) is 3.10. The van der Waals surface area contributed by atoms with Crippen LogP contribution in [0.2, 0.25) is 0 Å². The standard InChI is InChI=1S/C15H14N4O2/c1-18-13-12(14(20)19(2)15(18)21)17-11(8-9-16-13)10-6-4-3-5-7-10/h3-9,17H,1-2H3. The van der Waals surface area contributed by atoms with E-state index < -0.39 is 11.2 Å². The van der Waals surface area contributed by atoms with E-state index in [1.165, 1.54) is 11.6 Å². The highest BCUT2D eigenvalue weighted by molar-refractivity contribution is 5.94. The third-order valence-corrected chi connectivity index (χ3v) is 3.42. The Labute approximate surface area is 120 Å². The van der Waals surface area contributed by atoms with Gasteiger partial charge in [0.05, 0.1) is 0 Å². The van der Waals surface area contributed by atoms with E-state index in [2.05, 4.69) is 10.3 Å². The van der Waals surface area contributed by atoms with E-state index in [4.69, 9.17) is 0 Å². The minimum absolute atomic E-state index is 0.295. The highest BCUT2D eigenvalue weighted by Crippen LogP contribution is 2.25. The number of aromatic nitrogens is 2. The summed E-state index contributed by atoms with van der Waals surface area (Å²) in [6, 6.07) is 9.62. The van der Waals surface area contributed by atoms with Gasteiger partial charge in [-0.3, -0.25) is 13.9 Å². The fourth-order valence-corrected chi connectivity index (χ4v) is 2.24. The van der Waals surface area contributed by atoms with Crippen LogP contribution in [0.3, 0.4) is 0 Å². The second-order valence-electron chi connectivity index (χ2n) is 4.75. The number of allylic oxidation sites excluding steroid dienone is 1. The van der Waals surface area contributed by atoms with Gasteiger partial charge in [-0.05, 0) is 11.6 Å². The van der Waals surface area contributed by atoms with E-state index >= 15 is 0 Å². The molecule has 0 unspecified atom stereocenters. The third kappa shape index (κ3) is 2.10. The molecule has 106 valence electrons. The number of hydrogen-bond donors (Lipinski definition) is 1. The van der Waals surface area contributed by atoms with Gasteiger partial charge in [0.1, 0.15) is 5.69 Å². The fraction of sp³-hybridized carbons (Fsp3) is 0.133. The molecule has 1 N–H and O–H groups in total. The van der Waals surface area contributed by atoms with E-state index in [-0.39, 0.29) is 0 Å². The Hall–Kier alpha value is -2.89. The van der Waals surface area contributed by atoms with Crippen molar-refractivity contribution in [3.8, 4) is 0 Å². The molecular weight excluding hydrogens is 268 g/mol. The molecule has 1 aromatic carbocycles. The van der Waals surface area contributed by atoms with Gasteiger partial charge in [0, 0.05) is 26.0 Å². The molecule has 0 aliphatic carbocycles. The molecule has 6 nitrogen and oxygen atoms in total. The Kier molecular flexibility index (Phi) is 3.06. The van der Waals surface area contributed by atoms with Crippen LogP contribution in [-0.2, 0) is 14.1 Å². The van der Waals surface area contributed by atoms with Crippen molar-refractivity contribution in [3.63, 3.8) is 0 Å². The molecule has 1 aliphatic heterocycles. The van der Waals surface area contributed by atoms with Crippen LogP contribution in [0.4, 0.5) is 11.5 Å². The normalized spacial score (nSPS) is 13.1. The first-order chi connectivity index (χ1) is 10.1. The molecule has 0 atom stereocenters. The Morgan fingerprint density at radius 1 is 1.05 bits per heavy atom. The van der Waals surface area contributed by atoms with Gasteiger partial charge in [-0.15, -0.1) is 0 Å². The van der Waals surface area contributed by atoms with Gasteiger partial charge in [0.25, 0.3) is 5.56 Å². The van der Waals surface area contributed by atoms with Gasteiger partial charge >= 0.3 is 5.69 Å². The van der Waals surface area contributed by atoms with Crippen LogP contribution < -0.4 is 16.6 Å². The van der Waals surface area contributed by atoms with Gasteiger partial charge < -0.3 is 5.32 Å². The summed E-state index contributed by atoms with van der Waals surface area (Å²) in [7, 11) is 3.04. The molecule has 0 spiro atoms. The summed E-state index contributed by atoms with van der Waals surface area (Å²) < 4.78 is 2.41. The molecule has 0 fully saturated rings. The van der Waals surface area contributed by atoms with E-state index in [0.29, 0.717) is 11.5 Å². The number of anilines is 1. The van der Waals surface area contributed by atoms with Crippen LogP contribution in [-0.4, -0.2) is 15.3 Å². The molecule has 0 saturated carbocycles. The SMILES string of the molecule is Cn1c2c(c(=O)n(C)c1=O)NC(c1ccccc1)=CC=N2. The van der Waals surface area contributed by atoms with Crippen LogP contribution >= 0.6 is 0 Å². The Morgan fingerprint density at radius 2 is 1.76 bits per heavy atom. The van der Waals surface area contributed by atoms with Crippen LogP contribution in [0, 0.1) is 0 Å². The topological polar surface area (TPSA) is 68.4 Å². The lowest BCUT2D eigenvalue weighted by molar-refractivity contribution is 0.693. The monoisotopic (exact) mass is 282 g/mol. The quantitative estimate of drug-likeness (QED) is 0.856. The van der Waals surface area contributed by atoms with E-state index in [0.717, 1.165) is 15.8 Å². The summed E-state index contributed by atoms with van der Waals surface area (Å²) in [5.41, 5.74) is 1.19. The molecule has 2 heterocycles. The maximum Gasteiger partial charge on any atom is 0.332 e. The van der Waals surface area contributed by atoms with Crippen molar-refractivity contribution in [2.45, 2.75) is 0 Å².